The van der Waals surface area contributed by atoms with E-state index in [2.05, 4.69) is 21.2 Å². The van der Waals surface area contributed by atoms with E-state index in [9.17, 15) is 19.5 Å². The Morgan fingerprint density at radius 1 is 1.08 bits per heavy atom. The molecule has 198 valence electrons. The molecular weight excluding hydrogens is 538 g/mol. The third kappa shape index (κ3) is 9.69. The molecule has 1 amide bonds. The molecule has 0 bridgehead atoms. The minimum absolute atomic E-state index is 0.0559. The topological polar surface area (TPSA) is 102 Å². The summed E-state index contributed by atoms with van der Waals surface area (Å²) in [5.41, 5.74) is 0.878. The number of benzene rings is 2. The zero-order valence-corrected chi connectivity index (χ0v) is 23.0. The van der Waals surface area contributed by atoms with Crippen LogP contribution in [0.5, 0.6) is 5.75 Å². The van der Waals surface area contributed by atoms with E-state index in [1.807, 2.05) is 54.6 Å². The van der Waals surface area contributed by atoms with Crippen molar-refractivity contribution < 1.29 is 29.0 Å². The molecule has 37 heavy (non-hydrogen) atoms. The minimum Gasteiger partial charge on any atom is -0.492 e. The molecule has 8 heteroatoms. The molecule has 0 aromatic heterocycles. The molecule has 1 unspecified atom stereocenters. The lowest BCUT2D eigenvalue weighted by molar-refractivity contribution is -0.150. The number of nitrogens with one attached hydrogen (secondary N) is 1. The highest BCUT2D eigenvalue weighted by Gasteiger charge is 2.44. The van der Waals surface area contributed by atoms with Gasteiger partial charge in [-0.25, -0.2) is 4.79 Å². The fourth-order valence-electron chi connectivity index (χ4n) is 4.16. The van der Waals surface area contributed by atoms with Gasteiger partial charge in [0.2, 0.25) is 5.91 Å². The number of hydrogen-bond donors (Lipinski definition) is 2. The fourth-order valence-corrected chi connectivity index (χ4v) is 4.42. The van der Waals surface area contributed by atoms with Crippen molar-refractivity contribution in [1.29, 1.82) is 0 Å². The Balaban J connectivity index is 1.67. The Bertz CT molecular complexity index is 1110. The van der Waals surface area contributed by atoms with Crippen molar-refractivity contribution in [2.45, 2.75) is 51.6 Å². The predicted octanol–water partition coefficient (Wildman–Crippen LogP) is 5.50. The summed E-state index contributed by atoms with van der Waals surface area (Å²) in [6.45, 7) is 5.93. The Labute approximate surface area is 226 Å². The Kier molecular flexibility index (Phi) is 9.92. The highest BCUT2D eigenvalue weighted by molar-refractivity contribution is 9.10. The van der Waals surface area contributed by atoms with Gasteiger partial charge in [0, 0.05) is 16.5 Å². The van der Waals surface area contributed by atoms with Crippen LogP contribution in [0.25, 0.3) is 0 Å². The third-order valence-electron chi connectivity index (χ3n) is 5.86. The first-order chi connectivity index (χ1) is 17.5. The summed E-state index contributed by atoms with van der Waals surface area (Å²) in [5, 5.41) is 12.3. The molecule has 2 aromatic rings. The van der Waals surface area contributed by atoms with Crippen molar-refractivity contribution in [1.82, 2.24) is 5.32 Å². The Hall–Kier alpha value is -3.13. The number of aliphatic carboxylic acids is 1. The molecule has 2 N–H and O–H groups in total. The Morgan fingerprint density at radius 3 is 2.38 bits per heavy atom. The number of ether oxygens (including phenoxy) is 2. The van der Waals surface area contributed by atoms with Gasteiger partial charge in [-0.1, -0.05) is 52.3 Å². The first kappa shape index (κ1) is 28.4. The fraction of sp³-hybridized carbons (Fsp3) is 0.414. The number of rotatable bonds is 12. The molecule has 0 aliphatic heterocycles. The molecule has 1 aliphatic rings. The van der Waals surface area contributed by atoms with Crippen molar-refractivity contribution in [2.24, 2.45) is 11.8 Å². The Morgan fingerprint density at radius 2 is 1.76 bits per heavy atom. The van der Waals surface area contributed by atoms with Gasteiger partial charge in [-0.05, 0) is 74.8 Å². The summed E-state index contributed by atoms with van der Waals surface area (Å²) in [5.74, 6) is -1.68. The molecule has 1 aliphatic carbocycles. The van der Waals surface area contributed by atoms with Crippen LogP contribution in [0, 0.1) is 11.8 Å². The standard InChI is InChI=1S/C29H34BrNO6/c1-29(2,3)37-28(35)25(24-18-23(24)20-7-5-4-6-8-20)15-19(17-27(33)34)16-26(32)31-13-14-36-22-11-9-21(30)10-12-22/h4-12,15,19,23-24H,13-14,16-18H2,1-3H3,(H,31,32)(H,33,34)/b25-15-/t19?,23-,24+/m0/s1. The van der Waals surface area contributed by atoms with Crippen molar-refractivity contribution in [3.05, 3.63) is 76.3 Å². The molecule has 2 aromatic carbocycles. The summed E-state index contributed by atoms with van der Waals surface area (Å²) in [6, 6.07) is 17.3. The maximum Gasteiger partial charge on any atom is 0.334 e. The van der Waals surface area contributed by atoms with E-state index in [1.165, 1.54) is 0 Å². The van der Waals surface area contributed by atoms with Crippen LogP contribution in [0.1, 0.15) is 51.5 Å². The van der Waals surface area contributed by atoms with E-state index < -0.39 is 23.5 Å². The van der Waals surface area contributed by atoms with Crippen molar-refractivity contribution in [2.75, 3.05) is 13.2 Å². The summed E-state index contributed by atoms with van der Waals surface area (Å²) >= 11 is 3.37. The lowest BCUT2D eigenvalue weighted by atomic mass is 9.94. The van der Waals surface area contributed by atoms with Gasteiger partial charge < -0.3 is 19.9 Å². The molecule has 0 heterocycles. The van der Waals surface area contributed by atoms with Crippen LogP contribution in [0.15, 0.2) is 70.7 Å². The first-order valence-corrected chi connectivity index (χ1v) is 13.2. The van der Waals surface area contributed by atoms with E-state index in [-0.39, 0.29) is 43.7 Å². The van der Waals surface area contributed by atoms with Crippen LogP contribution in [-0.2, 0) is 19.1 Å². The maximum atomic E-state index is 13.1. The first-order valence-electron chi connectivity index (χ1n) is 12.4. The molecule has 3 atom stereocenters. The van der Waals surface area contributed by atoms with Crippen LogP contribution in [0.3, 0.4) is 0 Å². The number of allylic oxidation sites excluding steroid dienone is 1. The number of carbonyl (C=O) groups excluding carboxylic acids is 2. The predicted molar refractivity (Wildman–Crippen MR) is 144 cm³/mol. The van der Waals surface area contributed by atoms with Gasteiger partial charge in [-0.3, -0.25) is 9.59 Å². The molecule has 1 fully saturated rings. The highest BCUT2D eigenvalue weighted by Crippen LogP contribution is 2.52. The molecule has 1 saturated carbocycles. The van der Waals surface area contributed by atoms with Crippen LogP contribution in [0.2, 0.25) is 0 Å². The zero-order chi connectivity index (χ0) is 27.0. The van der Waals surface area contributed by atoms with E-state index >= 15 is 0 Å². The number of esters is 1. The maximum absolute atomic E-state index is 13.1. The van der Waals surface area contributed by atoms with Gasteiger partial charge >= 0.3 is 11.9 Å². The smallest absolute Gasteiger partial charge is 0.334 e. The lowest BCUT2D eigenvalue weighted by Gasteiger charge is -2.22. The summed E-state index contributed by atoms with van der Waals surface area (Å²) in [6.07, 6.45) is 2.10. The summed E-state index contributed by atoms with van der Waals surface area (Å²) in [4.78, 5) is 37.3. The van der Waals surface area contributed by atoms with Crippen molar-refractivity contribution in [3.63, 3.8) is 0 Å². The molecule has 3 rings (SSSR count). The number of hydrogen-bond acceptors (Lipinski definition) is 5. The van der Waals surface area contributed by atoms with Crippen LogP contribution in [0.4, 0.5) is 0 Å². The summed E-state index contributed by atoms with van der Waals surface area (Å²) < 4.78 is 12.2. The van der Waals surface area contributed by atoms with Crippen LogP contribution < -0.4 is 10.1 Å². The van der Waals surface area contributed by atoms with Gasteiger partial charge in [-0.15, -0.1) is 0 Å². The zero-order valence-electron chi connectivity index (χ0n) is 21.4. The van der Waals surface area contributed by atoms with Gasteiger partial charge in [0.25, 0.3) is 0 Å². The third-order valence-corrected chi connectivity index (χ3v) is 6.39. The van der Waals surface area contributed by atoms with Crippen LogP contribution >= 0.6 is 15.9 Å². The van der Waals surface area contributed by atoms with Gasteiger partial charge in [0.05, 0.1) is 13.0 Å². The number of carboxylic acid groups (broad SMARTS) is 1. The number of carboxylic acids is 1. The van der Waals surface area contributed by atoms with E-state index in [0.717, 1.165) is 16.5 Å². The number of carbonyl (C=O) groups is 3. The van der Waals surface area contributed by atoms with Crippen LogP contribution in [-0.4, -0.2) is 41.7 Å². The van der Waals surface area contributed by atoms with E-state index in [4.69, 9.17) is 9.47 Å². The van der Waals surface area contributed by atoms with Gasteiger partial charge in [-0.2, -0.15) is 0 Å². The number of amides is 1. The minimum atomic E-state index is -1.04. The quantitative estimate of drug-likeness (QED) is 0.198. The molecular formula is C29H34BrNO6. The molecule has 0 spiro atoms. The number of halogens is 1. The lowest BCUT2D eigenvalue weighted by Crippen LogP contribution is -2.30. The second-order valence-corrected chi connectivity index (χ2v) is 11.1. The van der Waals surface area contributed by atoms with Crippen molar-refractivity contribution in [3.8, 4) is 5.75 Å². The largest absolute Gasteiger partial charge is 0.492 e. The molecule has 0 saturated heterocycles. The molecule has 0 radical (unpaired) electrons. The van der Waals surface area contributed by atoms with E-state index in [1.54, 1.807) is 26.8 Å². The van der Waals surface area contributed by atoms with Gasteiger partial charge in [0.1, 0.15) is 18.0 Å². The monoisotopic (exact) mass is 571 g/mol. The molecule has 7 nitrogen and oxygen atoms in total. The normalized spacial score (nSPS) is 18.0. The van der Waals surface area contributed by atoms with E-state index in [0.29, 0.717) is 11.3 Å². The average Bonchev–Trinajstić information content (AvgIpc) is 3.61. The second kappa shape index (κ2) is 12.9. The SMILES string of the molecule is CC(C)(C)OC(=O)/C(=C\C(CC(=O)O)CC(=O)NCCOc1ccc(Br)cc1)[C@@H]1C[C@H]1c1ccccc1. The highest BCUT2D eigenvalue weighted by atomic mass is 79.9. The second-order valence-electron chi connectivity index (χ2n) is 10.2. The van der Waals surface area contributed by atoms with Crippen molar-refractivity contribution >= 4 is 33.8 Å². The summed E-state index contributed by atoms with van der Waals surface area (Å²) in [7, 11) is 0. The van der Waals surface area contributed by atoms with Gasteiger partial charge in [0.15, 0.2) is 0 Å². The average molecular weight is 572 g/mol.